The van der Waals surface area contributed by atoms with Gasteiger partial charge in [0.25, 0.3) is 0 Å². The monoisotopic (exact) mass is 375 g/mol. The standard InChI is InChI=1S/C21H30FN3O2/c1-16(26)23-10-6-18(7-11-23)24-12-8-21(9-13-24)20(27-2)15-25(21)19-5-3-4-17(22)14-19/h3-5,14,18,20H,6-13,15H2,1-2H3. The van der Waals surface area contributed by atoms with Crippen molar-refractivity contribution in [2.24, 2.45) is 0 Å². The summed E-state index contributed by atoms with van der Waals surface area (Å²) in [6, 6.07) is 7.50. The lowest BCUT2D eigenvalue weighted by atomic mass is 9.73. The molecule has 3 fully saturated rings. The number of carbonyl (C=O) groups is 1. The fraction of sp³-hybridized carbons (Fsp3) is 0.667. The molecule has 1 atom stereocenters. The highest BCUT2D eigenvalue weighted by molar-refractivity contribution is 5.73. The minimum absolute atomic E-state index is 0.0148. The van der Waals surface area contributed by atoms with Gasteiger partial charge in [0.05, 0.1) is 11.6 Å². The van der Waals surface area contributed by atoms with Crippen LogP contribution in [0.4, 0.5) is 10.1 Å². The predicted octanol–water partition coefficient (Wildman–Crippen LogP) is 2.51. The normalized spacial score (nSPS) is 26.3. The molecule has 4 rings (SSSR count). The van der Waals surface area contributed by atoms with E-state index in [0.29, 0.717) is 6.04 Å². The minimum Gasteiger partial charge on any atom is -0.377 e. The molecule has 0 saturated carbocycles. The summed E-state index contributed by atoms with van der Waals surface area (Å²) in [6.07, 6.45) is 4.41. The number of piperidine rings is 2. The number of likely N-dealkylation sites (tertiary alicyclic amines) is 2. The first-order valence-electron chi connectivity index (χ1n) is 10.1. The molecule has 0 aliphatic carbocycles. The molecule has 0 aromatic heterocycles. The third kappa shape index (κ3) is 3.34. The number of hydrogen-bond donors (Lipinski definition) is 0. The molecular formula is C21H30FN3O2. The van der Waals surface area contributed by atoms with Gasteiger partial charge >= 0.3 is 0 Å². The van der Waals surface area contributed by atoms with Crippen molar-refractivity contribution in [1.29, 1.82) is 0 Å². The van der Waals surface area contributed by atoms with Crippen LogP contribution in [0.25, 0.3) is 0 Å². The van der Waals surface area contributed by atoms with Crippen LogP contribution >= 0.6 is 0 Å². The van der Waals surface area contributed by atoms with Crippen LogP contribution in [0.5, 0.6) is 0 Å². The van der Waals surface area contributed by atoms with Gasteiger partial charge in [-0.3, -0.25) is 4.79 Å². The molecule has 27 heavy (non-hydrogen) atoms. The molecule has 3 saturated heterocycles. The van der Waals surface area contributed by atoms with Gasteiger partial charge in [-0.05, 0) is 43.9 Å². The highest BCUT2D eigenvalue weighted by Crippen LogP contribution is 2.45. The van der Waals surface area contributed by atoms with Crippen LogP contribution in [0.1, 0.15) is 32.6 Å². The van der Waals surface area contributed by atoms with Crippen molar-refractivity contribution in [2.45, 2.75) is 50.3 Å². The Morgan fingerprint density at radius 1 is 1.19 bits per heavy atom. The van der Waals surface area contributed by atoms with Crippen LogP contribution in [-0.2, 0) is 9.53 Å². The Kier molecular flexibility index (Phi) is 5.12. The van der Waals surface area contributed by atoms with Crippen molar-refractivity contribution >= 4 is 11.6 Å². The summed E-state index contributed by atoms with van der Waals surface area (Å²) in [7, 11) is 1.79. The Morgan fingerprint density at radius 3 is 2.48 bits per heavy atom. The number of nitrogens with zero attached hydrogens (tertiary/aromatic N) is 3. The third-order valence-electron chi connectivity index (χ3n) is 6.98. The van der Waals surface area contributed by atoms with E-state index in [1.54, 1.807) is 26.2 Å². The first kappa shape index (κ1) is 18.7. The first-order valence-corrected chi connectivity index (χ1v) is 10.1. The summed E-state index contributed by atoms with van der Waals surface area (Å²) in [5.41, 5.74) is 0.950. The smallest absolute Gasteiger partial charge is 0.219 e. The van der Waals surface area contributed by atoms with Gasteiger partial charge in [-0.2, -0.15) is 0 Å². The zero-order valence-corrected chi connectivity index (χ0v) is 16.4. The second-order valence-electron chi connectivity index (χ2n) is 8.19. The van der Waals surface area contributed by atoms with E-state index in [0.717, 1.165) is 64.1 Å². The average molecular weight is 375 g/mol. The zero-order chi connectivity index (χ0) is 19.0. The van der Waals surface area contributed by atoms with E-state index in [-0.39, 0.29) is 23.4 Å². The number of ether oxygens (including phenoxy) is 1. The second-order valence-corrected chi connectivity index (χ2v) is 8.19. The van der Waals surface area contributed by atoms with Gasteiger partial charge in [0.2, 0.25) is 5.91 Å². The van der Waals surface area contributed by atoms with Gasteiger partial charge in [-0.1, -0.05) is 6.07 Å². The number of benzene rings is 1. The predicted molar refractivity (Wildman–Crippen MR) is 103 cm³/mol. The molecule has 1 unspecified atom stereocenters. The molecule has 1 aromatic carbocycles. The van der Waals surface area contributed by atoms with Crippen molar-refractivity contribution in [3.8, 4) is 0 Å². The molecule has 5 nitrogen and oxygen atoms in total. The summed E-state index contributed by atoms with van der Waals surface area (Å²) >= 11 is 0. The highest BCUT2D eigenvalue weighted by atomic mass is 19.1. The van der Waals surface area contributed by atoms with Gasteiger partial charge < -0.3 is 19.4 Å². The van der Waals surface area contributed by atoms with Gasteiger partial charge in [0.15, 0.2) is 0 Å². The second kappa shape index (κ2) is 7.40. The van der Waals surface area contributed by atoms with Crippen molar-refractivity contribution in [3.05, 3.63) is 30.1 Å². The zero-order valence-electron chi connectivity index (χ0n) is 16.4. The summed E-state index contributed by atoms with van der Waals surface area (Å²) in [6.45, 7) is 6.31. The molecule has 0 radical (unpaired) electrons. The van der Waals surface area contributed by atoms with Crippen molar-refractivity contribution in [2.75, 3.05) is 44.7 Å². The molecule has 0 bridgehead atoms. The van der Waals surface area contributed by atoms with Crippen LogP contribution < -0.4 is 4.90 Å². The number of methoxy groups -OCH3 is 1. The van der Waals surface area contributed by atoms with Gasteiger partial charge in [0.1, 0.15) is 5.82 Å². The quantitative estimate of drug-likeness (QED) is 0.813. The lowest BCUT2D eigenvalue weighted by Gasteiger charge is -2.62. The van der Waals surface area contributed by atoms with Crippen LogP contribution in [0.3, 0.4) is 0 Å². The van der Waals surface area contributed by atoms with Gasteiger partial charge in [0, 0.05) is 58.5 Å². The van der Waals surface area contributed by atoms with E-state index >= 15 is 0 Å². The highest BCUT2D eigenvalue weighted by Gasteiger charge is 2.55. The lowest BCUT2D eigenvalue weighted by Crippen LogP contribution is -2.74. The van der Waals surface area contributed by atoms with Crippen LogP contribution in [0.2, 0.25) is 0 Å². The van der Waals surface area contributed by atoms with Crippen molar-refractivity contribution in [3.63, 3.8) is 0 Å². The molecule has 3 aliphatic heterocycles. The first-order chi connectivity index (χ1) is 13.0. The van der Waals surface area contributed by atoms with E-state index in [1.807, 2.05) is 11.0 Å². The van der Waals surface area contributed by atoms with Gasteiger partial charge in [-0.15, -0.1) is 0 Å². The maximum Gasteiger partial charge on any atom is 0.219 e. The Balaban J connectivity index is 1.41. The van der Waals surface area contributed by atoms with Crippen LogP contribution in [0.15, 0.2) is 24.3 Å². The SMILES string of the molecule is COC1CN(c2cccc(F)c2)C12CCN(C1CCN(C(C)=O)CC1)CC2. The van der Waals surface area contributed by atoms with E-state index in [2.05, 4.69) is 9.80 Å². The van der Waals surface area contributed by atoms with E-state index in [1.165, 1.54) is 6.07 Å². The van der Waals surface area contributed by atoms with E-state index < -0.39 is 0 Å². The number of amides is 1. The Bertz CT molecular complexity index is 682. The number of anilines is 1. The van der Waals surface area contributed by atoms with E-state index in [9.17, 15) is 9.18 Å². The number of halogens is 1. The van der Waals surface area contributed by atoms with E-state index in [4.69, 9.17) is 4.74 Å². The number of carbonyl (C=O) groups excluding carboxylic acids is 1. The summed E-state index contributed by atoms with van der Waals surface area (Å²) in [5, 5.41) is 0. The maximum atomic E-state index is 13.7. The fourth-order valence-corrected chi connectivity index (χ4v) is 5.29. The Morgan fingerprint density at radius 2 is 1.89 bits per heavy atom. The Hall–Kier alpha value is -1.66. The maximum absolute atomic E-state index is 13.7. The Labute approximate surface area is 161 Å². The molecule has 6 heteroatoms. The van der Waals surface area contributed by atoms with Crippen LogP contribution in [-0.4, -0.2) is 73.2 Å². The molecule has 3 heterocycles. The number of rotatable bonds is 3. The summed E-state index contributed by atoms with van der Waals surface area (Å²) in [5.74, 6) is 0.00682. The third-order valence-corrected chi connectivity index (χ3v) is 6.98. The molecule has 148 valence electrons. The average Bonchev–Trinajstić information content (AvgIpc) is 2.68. The van der Waals surface area contributed by atoms with Gasteiger partial charge in [-0.25, -0.2) is 4.39 Å². The van der Waals surface area contributed by atoms with Crippen molar-refractivity contribution in [1.82, 2.24) is 9.80 Å². The topological polar surface area (TPSA) is 36.0 Å². The van der Waals surface area contributed by atoms with Crippen LogP contribution in [0, 0.1) is 5.82 Å². The number of hydrogen-bond acceptors (Lipinski definition) is 4. The summed E-state index contributed by atoms with van der Waals surface area (Å²) in [4.78, 5) is 18.4. The molecule has 0 N–H and O–H groups in total. The minimum atomic E-state index is -0.182. The molecule has 1 spiro atoms. The molecular weight excluding hydrogens is 345 g/mol. The largest absolute Gasteiger partial charge is 0.377 e. The summed E-state index contributed by atoms with van der Waals surface area (Å²) < 4.78 is 19.5. The molecule has 1 aromatic rings. The van der Waals surface area contributed by atoms with Crippen molar-refractivity contribution < 1.29 is 13.9 Å². The fourth-order valence-electron chi connectivity index (χ4n) is 5.29. The molecule has 3 aliphatic rings. The molecule has 1 amide bonds. The lowest BCUT2D eigenvalue weighted by molar-refractivity contribution is -0.130.